The molecule has 2 aromatic rings. The molecule has 1 amide bonds. The lowest BCUT2D eigenvalue weighted by atomic mass is 10.2. The zero-order valence-corrected chi connectivity index (χ0v) is 14.3. The Bertz CT molecular complexity index is 798. The van der Waals surface area contributed by atoms with E-state index in [4.69, 9.17) is 11.6 Å². The van der Waals surface area contributed by atoms with E-state index in [0.717, 1.165) is 0 Å². The fourth-order valence-corrected chi connectivity index (χ4v) is 3.69. The summed E-state index contributed by atoms with van der Waals surface area (Å²) in [6, 6.07) is 6.51. The summed E-state index contributed by atoms with van der Waals surface area (Å²) in [6.07, 6.45) is 0. The van der Waals surface area contributed by atoms with Gasteiger partial charge >= 0.3 is 0 Å². The highest BCUT2D eigenvalue weighted by Gasteiger charge is 2.21. The summed E-state index contributed by atoms with van der Waals surface area (Å²) in [5.41, 5.74) is 1.29. The molecule has 0 bridgehead atoms. The molecule has 3 N–H and O–H groups in total. The number of carbonyl (C=O) groups is 1. The topological polar surface area (TPSA) is 104 Å². The maximum Gasteiger partial charge on any atom is 0.251 e. The van der Waals surface area contributed by atoms with Crippen molar-refractivity contribution >= 4 is 27.5 Å². The lowest BCUT2D eigenvalue weighted by Crippen LogP contribution is -2.35. The van der Waals surface area contributed by atoms with E-state index in [0.29, 0.717) is 22.0 Å². The van der Waals surface area contributed by atoms with Gasteiger partial charge in [-0.3, -0.25) is 9.89 Å². The van der Waals surface area contributed by atoms with Crippen LogP contribution in [0.3, 0.4) is 0 Å². The molecule has 0 saturated carbocycles. The molecule has 1 aromatic heterocycles. The third kappa shape index (κ3) is 4.31. The highest BCUT2D eigenvalue weighted by Crippen LogP contribution is 2.15. The number of hydrogen-bond acceptors (Lipinski definition) is 4. The molecular weight excluding hydrogens is 340 g/mol. The molecule has 124 valence electrons. The van der Waals surface area contributed by atoms with Gasteiger partial charge in [-0.25, -0.2) is 13.1 Å². The van der Waals surface area contributed by atoms with E-state index in [1.807, 2.05) is 0 Å². The number of nitrogens with zero attached hydrogens (tertiary/aromatic N) is 1. The smallest absolute Gasteiger partial charge is 0.251 e. The second-order valence-electron chi connectivity index (χ2n) is 4.93. The first-order valence-electron chi connectivity index (χ1n) is 6.86. The predicted molar refractivity (Wildman–Crippen MR) is 87.0 cm³/mol. The van der Waals surface area contributed by atoms with Gasteiger partial charge in [0.25, 0.3) is 5.91 Å². The maximum atomic E-state index is 12.2. The highest BCUT2D eigenvalue weighted by atomic mass is 35.5. The number of H-pyrrole nitrogens is 1. The number of rotatable bonds is 6. The van der Waals surface area contributed by atoms with Crippen LogP contribution in [0, 0.1) is 13.8 Å². The third-order valence-electron chi connectivity index (χ3n) is 3.12. The molecule has 23 heavy (non-hydrogen) atoms. The highest BCUT2D eigenvalue weighted by molar-refractivity contribution is 7.89. The van der Waals surface area contributed by atoms with E-state index in [1.54, 1.807) is 38.1 Å². The molecule has 1 heterocycles. The number of nitrogens with one attached hydrogen (secondary N) is 3. The van der Waals surface area contributed by atoms with E-state index in [9.17, 15) is 13.2 Å². The summed E-state index contributed by atoms with van der Waals surface area (Å²) >= 11 is 5.82. The van der Waals surface area contributed by atoms with Gasteiger partial charge < -0.3 is 5.32 Å². The van der Waals surface area contributed by atoms with Crippen molar-refractivity contribution < 1.29 is 13.2 Å². The molecular formula is C14H17ClN4O3S. The number of amides is 1. The Morgan fingerprint density at radius 2 is 2.04 bits per heavy atom. The van der Waals surface area contributed by atoms with E-state index in [-0.39, 0.29) is 23.9 Å². The number of aromatic amines is 1. The van der Waals surface area contributed by atoms with Crippen molar-refractivity contribution in [3.8, 4) is 0 Å². The lowest BCUT2D eigenvalue weighted by Gasteiger charge is -2.08. The van der Waals surface area contributed by atoms with Crippen molar-refractivity contribution in [2.24, 2.45) is 0 Å². The van der Waals surface area contributed by atoms with Crippen LogP contribution < -0.4 is 10.0 Å². The molecule has 9 heteroatoms. The maximum absolute atomic E-state index is 12.2. The molecule has 0 fully saturated rings. The zero-order valence-electron chi connectivity index (χ0n) is 12.7. The van der Waals surface area contributed by atoms with Crippen LogP contribution in [0.15, 0.2) is 29.2 Å². The first-order chi connectivity index (χ1) is 10.8. The number of hydrogen-bond donors (Lipinski definition) is 3. The quantitative estimate of drug-likeness (QED) is 0.680. The van der Waals surface area contributed by atoms with E-state index >= 15 is 0 Å². The number of benzene rings is 1. The van der Waals surface area contributed by atoms with Crippen molar-refractivity contribution in [2.75, 3.05) is 13.1 Å². The Hall–Kier alpha value is -1.90. The summed E-state index contributed by atoms with van der Waals surface area (Å²) in [5.74, 6) is -0.317. The Morgan fingerprint density at radius 1 is 1.30 bits per heavy atom. The fraction of sp³-hybridized carbons (Fsp3) is 0.286. The van der Waals surface area contributed by atoms with Crippen LogP contribution in [0.4, 0.5) is 0 Å². The first kappa shape index (κ1) is 17.5. The second-order valence-corrected chi connectivity index (χ2v) is 7.07. The summed E-state index contributed by atoms with van der Waals surface area (Å²) in [6.45, 7) is 3.47. The molecule has 0 unspecified atom stereocenters. The molecule has 0 radical (unpaired) electrons. The number of carbonyl (C=O) groups excluding carboxylic acids is 1. The molecule has 2 rings (SSSR count). The number of aryl methyl sites for hydroxylation is 2. The van der Waals surface area contributed by atoms with Crippen LogP contribution in [0.2, 0.25) is 5.02 Å². The van der Waals surface area contributed by atoms with Crippen molar-refractivity contribution in [1.82, 2.24) is 20.2 Å². The van der Waals surface area contributed by atoms with Crippen molar-refractivity contribution in [1.29, 1.82) is 0 Å². The van der Waals surface area contributed by atoms with E-state index in [1.165, 1.54) is 0 Å². The average Bonchev–Trinajstić information content (AvgIpc) is 2.83. The van der Waals surface area contributed by atoms with Crippen LogP contribution in [0.5, 0.6) is 0 Å². The summed E-state index contributed by atoms with van der Waals surface area (Å²) in [5, 5.41) is 9.58. The SMILES string of the molecule is Cc1n[nH]c(C)c1S(=O)(=O)NCCNC(=O)c1cccc(Cl)c1. The molecule has 0 aliphatic carbocycles. The van der Waals surface area contributed by atoms with E-state index < -0.39 is 10.0 Å². The molecule has 7 nitrogen and oxygen atoms in total. The monoisotopic (exact) mass is 356 g/mol. The van der Waals surface area contributed by atoms with Gasteiger partial charge in [-0.2, -0.15) is 5.10 Å². The number of halogens is 1. The van der Waals surface area contributed by atoms with Gasteiger partial charge in [0.05, 0.1) is 11.4 Å². The van der Waals surface area contributed by atoms with Crippen LogP contribution in [0.25, 0.3) is 0 Å². The lowest BCUT2D eigenvalue weighted by molar-refractivity contribution is 0.0954. The van der Waals surface area contributed by atoms with Gasteiger partial charge in [0, 0.05) is 23.7 Å². The second kappa shape index (κ2) is 7.12. The Kier molecular flexibility index (Phi) is 5.40. The minimum Gasteiger partial charge on any atom is -0.351 e. The molecule has 0 spiro atoms. The van der Waals surface area contributed by atoms with Crippen molar-refractivity contribution in [3.63, 3.8) is 0 Å². The molecule has 0 atom stereocenters. The van der Waals surface area contributed by atoms with Crippen LogP contribution in [-0.4, -0.2) is 37.6 Å². The minimum absolute atomic E-state index is 0.0682. The molecule has 0 saturated heterocycles. The summed E-state index contributed by atoms with van der Waals surface area (Å²) in [7, 11) is -3.66. The van der Waals surface area contributed by atoms with Gasteiger partial charge in [-0.1, -0.05) is 17.7 Å². The first-order valence-corrected chi connectivity index (χ1v) is 8.72. The molecule has 0 aliphatic heterocycles. The fourth-order valence-electron chi connectivity index (χ4n) is 2.10. The molecule has 0 aliphatic rings. The number of aromatic nitrogens is 2. The van der Waals surface area contributed by atoms with Gasteiger partial charge in [0.2, 0.25) is 10.0 Å². The van der Waals surface area contributed by atoms with Gasteiger partial charge in [-0.15, -0.1) is 0 Å². The minimum atomic E-state index is -3.66. The predicted octanol–water partition coefficient (Wildman–Crippen LogP) is 1.39. The normalized spacial score (nSPS) is 11.4. The third-order valence-corrected chi connectivity index (χ3v) is 5.08. The summed E-state index contributed by atoms with van der Waals surface area (Å²) < 4.78 is 26.8. The Labute approximate surface area is 139 Å². The van der Waals surface area contributed by atoms with Crippen molar-refractivity contribution in [2.45, 2.75) is 18.7 Å². The molecule has 1 aromatic carbocycles. The number of sulfonamides is 1. The van der Waals surface area contributed by atoms with Gasteiger partial charge in [-0.05, 0) is 32.0 Å². The van der Waals surface area contributed by atoms with Gasteiger partial charge in [0.1, 0.15) is 4.90 Å². The van der Waals surface area contributed by atoms with Crippen LogP contribution in [-0.2, 0) is 10.0 Å². The Morgan fingerprint density at radius 3 is 2.65 bits per heavy atom. The largest absolute Gasteiger partial charge is 0.351 e. The average molecular weight is 357 g/mol. The Balaban J connectivity index is 1.89. The van der Waals surface area contributed by atoms with E-state index in [2.05, 4.69) is 20.2 Å². The van der Waals surface area contributed by atoms with Crippen molar-refractivity contribution in [3.05, 3.63) is 46.2 Å². The van der Waals surface area contributed by atoms with Crippen LogP contribution >= 0.6 is 11.6 Å². The standard InChI is InChI=1S/C14H17ClN4O3S/c1-9-13(10(2)19-18-9)23(21,22)17-7-6-16-14(20)11-4-3-5-12(15)8-11/h3-5,8,17H,6-7H2,1-2H3,(H,16,20)(H,18,19). The summed E-state index contributed by atoms with van der Waals surface area (Å²) in [4.78, 5) is 12.0. The van der Waals surface area contributed by atoms with Gasteiger partial charge in [0.15, 0.2) is 0 Å². The van der Waals surface area contributed by atoms with Crippen LogP contribution in [0.1, 0.15) is 21.7 Å². The zero-order chi connectivity index (χ0) is 17.0.